The predicted octanol–water partition coefficient (Wildman–Crippen LogP) is 3.11. The molecule has 0 saturated heterocycles. The minimum atomic E-state index is -0.263. The molecule has 2 unspecified atom stereocenters. The standard InChI is InChI=1S/C20H26N4O2/c1-15(17-9-5-3-6-10-17)23-19(25)21-13-14-22-20(26)24-16(2)18-11-7-4-8-12-18/h3-12,15-16H,13-14H2,1-2H3,(H2,21,23,25)(H2,22,24,26). The predicted molar refractivity (Wildman–Crippen MR) is 103 cm³/mol. The van der Waals surface area contributed by atoms with Crippen LogP contribution in [0, 0.1) is 0 Å². The molecule has 4 amide bonds. The van der Waals surface area contributed by atoms with Gasteiger partial charge in [0.15, 0.2) is 0 Å². The van der Waals surface area contributed by atoms with Crippen molar-refractivity contribution < 1.29 is 9.59 Å². The van der Waals surface area contributed by atoms with Crippen LogP contribution in [0.4, 0.5) is 9.59 Å². The summed E-state index contributed by atoms with van der Waals surface area (Å²) in [4.78, 5) is 23.8. The van der Waals surface area contributed by atoms with Crippen molar-refractivity contribution in [1.29, 1.82) is 0 Å². The second-order valence-corrected chi connectivity index (χ2v) is 6.07. The van der Waals surface area contributed by atoms with Crippen LogP contribution in [0.15, 0.2) is 60.7 Å². The van der Waals surface area contributed by atoms with E-state index in [2.05, 4.69) is 21.3 Å². The van der Waals surface area contributed by atoms with Gasteiger partial charge in [-0.1, -0.05) is 60.7 Å². The van der Waals surface area contributed by atoms with Gasteiger partial charge in [0.2, 0.25) is 0 Å². The van der Waals surface area contributed by atoms with E-state index in [4.69, 9.17) is 0 Å². The first-order chi connectivity index (χ1) is 12.6. The number of carbonyl (C=O) groups is 2. The maximum atomic E-state index is 11.9. The molecule has 138 valence electrons. The molecule has 6 nitrogen and oxygen atoms in total. The summed E-state index contributed by atoms with van der Waals surface area (Å²) in [6.07, 6.45) is 0. The Morgan fingerprint density at radius 3 is 1.38 bits per heavy atom. The normalized spacial score (nSPS) is 12.5. The van der Waals surface area contributed by atoms with Crippen molar-refractivity contribution >= 4 is 12.1 Å². The number of hydrogen-bond donors (Lipinski definition) is 4. The first-order valence-corrected chi connectivity index (χ1v) is 8.75. The molecule has 6 heteroatoms. The van der Waals surface area contributed by atoms with E-state index in [0.29, 0.717) is 13.1 Å². The summed E-state index contributed by atoms with van der Waals surface area (Å²) in [6, 6.07) is 18.8. The first kappa shape index (κ1) is 19.3. The van der Waals surface area contributed by atoms with E-state index in [1.54, 1.807) is 0 Å². The molecule has 0 aliphatic heterocycles. The van der Waals surface area contributed by atoms with Gasteiger partial charge in [0.25, 0.3) is 0 Å². The van der Waals surface area contributed by atoms with E-state index < -0.39 is 0 Å². The summed E-state index contributed by atoms with van der Waals surface area (Å²) in [6.45, 7) is 4.54. The summed E-state index contributed by atoms with van der Waals surface area (Å²) in [7, 11) is 0. The first-order valence-electron chi connectivity index (χ1n) is 8.75. The Balaban J connectivity index is 1.62. The monoisotopic (exact) mass is 354 g/mol. The molecule has 0 aliphatic rings. The Morgan fingerprint density at radius 2 is 1.04 bits per heavy atom. The molecule has 0 spiro atoms. The molecule has 0 fully saturated rings. The fourth-order valence-corrected chi connectivity index (χ4v) is 2.50. The average Bonchev–Trinajstić information content (AvgIpc) is 2.66. The lowest BCUT2D eigenvalue weighted by Crippen LogP contribution is -2.43. The number of rotatable bonds is 7. The molecular weight excluding hydrogens is 328 g/mol. The van der Waals surface area contributed by atoms with Crippen LogP contribution >= 0.6 is 0 Å². The summed E-state index contributed by atoms with van der Waals surface area (Å²) in [5.74, 6) is 0. The van der Waals surface area contributed by atoms with E-state index >= 15 is 0 Å². The summed E-state index contributed by atoms with van der Waals surface area (Å²) < 4.78 is 0. The largest absolute Gasteiger partial charge is 0.336 e. The SMILES string of the molecule is CC(NC(=O)NCCNC(=O)NC(C)c1ccccc1)c1ccccc1. The lowest BCUT2D eigenvalue weighted by atomic mass is 10.1. The lowest BCUT2D eigenvalue weighted by molar-refractivity contribution is 0.233. The molecule has 26 heavy (non-hydrogen) atoms. The Morgan fingerprint density at radius 1 is 0.692 bits per heavy atom. The Bertz CT molecular complexity index is 630. The van der Waals surface area contributed by atoms with E-state index in [-0.39, 0.29) is 24.1 Å². The highest BCUT2D eigenvalue weighted by atomic mass is 16.2. The summed E-state index contributed by atoms with van der Waals surface area (Å²) in [5.41, 5.74) is 2.07. The molecule has 2 aromatic carbocycles. The van der Waals surface area contributed by atoms with Crippen LogP contribution in [-0.4, -0.2) is 25.2 Å². The Kier molecular flexibility index (Phi) is 7.49. The molecule has 0 bridgehead atoms. The van der Waals surface area contributed by atoms with E-state index in [1.165, 1.54) is 0 Å². The Labute approximate surface area is 154 Å². The molecule has 2 atom stereocenters. The Hall–Kier alpha value is -3.02. The molecule has 2 rings (SSSR count). The van der Waals surface area contributed by atoms with Gasteiger partial charge in [0.05, 0.1) is 12.1 Å². The van der Waals surface area contributed by atoms with E-state index in [1.807, 2.05) is 74.5 Å². The molecule has 0 heterocycles. The molecule has 4 N–H and O–H groups in total. The van der Waals surface area contributed by atoms with Crippen LogP contribution in [-0.2, 0) is 0 Å². The number of nitrogens with one attached hydrogen (secondary N) is 4. The second kappa shape index (κ2) is 10.1. The van der Waals surface area contributed by atoms with Gasteiger partial charge in [-0.15, -0.1) is 0 Å². The highest BCUT2D eigenvalue weighted by Crippen LogP contribution is 2.11. The quantitative estimate of drug-likeness (QED) is 0.576. The third-order valence-electron chi connectivity index (χ3n) is 3.99. The van der Waals surface area contributed by atoms with Crippen molar-refractivity contribution in [2.45, 2.75) is 25.9 Å². The molecule has 0 saturated carbocycles. The second-order valence-electron chi connectivity index (χ2n) is 6.07. The van der Waals surface area contributed by atoms with Crippen molar-refractivity contribution in [3.63, 3.8) is 0 Å². The van der Waals surface area contributed by atoms with Crippen molar-refractivity contribution in [1.82, 2.24) is 21.3 Å². The van der Waals surface area contributed by atoms with Gasteiger partial charge in [-0.25, -0.2) is 9.59 Å². The zero-order chi connectivity index (χ0) is 18.8. The van der Waals surface area contributed by atoms with Gasteiger partial charge < -0.3 is 21.3 Å². The third-order valence-corrected chi connectivity index (χ3v) is 3.99. The molecular formula is C20H26N4O2. The lowest BCUT2D eigenvalue weighted by Gasteiger charge is -2.16. The van der Waals surface area contributed by atoms with Crippen molar-refractivity contribution in [2.75, 3.05) is 13.1 Å². The number of hydrogen-bond acceptors (Lipinski definition) is 2. The van der Waals surface area contributed by atoms with Gasteiger partial charge in [0, 0.05) is 13.1 Å². The summed E-state index contributed by atoms with van der Waals surface area (Å²) in [5, 5.41) is 11.2. The van der Waals surface area contributed by atoms with E-state index in [0.717, 1.165) is 11.1 Å². The maximum Gasteiger partial charge on any atom is 0.315 e. The van der Waals surface area contributed by atoms with Crippen molar-refractivity contribution in [3.05, 3.63) is 71.8 Å². The molecule has 0 aliphatic carbocycles. The minimum Gasteiger partial charge on any atom is -0.336 e. The van der Waals surface area contributed by atoms with Crippen LogP contribution in [0.25, 0.3) is 0 Å². The van der Waals surface area contributed by atoms with E-state index in [9.17, 15) is 9.59 Å². The average molecular weight is 354 g/mol. The van der Waals surface area contributed by atoms with Crippen LogP contribution in [0.5, 0.6) is 0 Å². The zero-order valence-electron chi connectivity index (χ0n) is 15.2. The van der Waals surface area contributed by atoms with Gasteiger partial charge in [-0.3, -0.25) is 0 Å². The van der Waals surface area contributed by atoms with Gasteiger partial charge >= 0.3 is 12.1 Å². The van der Waals surface area contributed by atoms with Gasteiger partial charge in [0.1, 0.15) is 0 Å². The van der Waals surface area contributed by atoms with Crippen LogP contribution in [0.2, 0.25) is 0 Å². The van der Waals surface area contributed by atoms with Gasteiger partial charge in [-0.2, -0.15) is 0 Å². The minimum absolute atomic E-state index is 0.0841. The van der Waals surface area contributed by atoms with Crippen LogP contribution in [0.3, 0.4) is 0 Å². The van der Waals surface area contributed by atoms with Crippen molar-refractivity contribution in [2.24, 2.45) is 0 Å². The smallest absolute Gasteiger partial charge is 0.315 e. The van der Waals surface area contributed by atoms with Crippen LogP contribution < -0.4 is 21.3 Å². The fraction of sp³-hybridized carbons (Fsp3) is 0.300. The number of urea groups is 2. The third kappa shape index (κ3) is 6.47. The van der Waals surface area contributed by atoms with Crippen LogP contribution in [0.1, 0.15) is 37.1 Å². The molecule has 0 aromatic heterocycles. The highest BCUT2D eigenvalue weighted by Gasteiger charge is 2.10. The molecule has 2 aromatic rings. The topological polar surface area (TPSA) is 82.3 Å². The highest BCUT2D eigenvalue weighted by molar-refractivity contribution is 5.75. The number of benzene rings is 2. The number of carbonyl (C=O) groups excluding carboxylic acids is 2. The summed E-state index contributed by atoms with van der Waals surface area (Å²) >= 11 is 0. The van der Waals surface area contributed by atoms with Gasteiger partial charge in [-0.05, 0) is 25.0 Å². The zero-order valence-corrected chi connectivity index (χ0v) is 15.2. The molecule has 0 radical (unpaired) electrons. The number of amides is 4. The fourth-order valence-electron chi connectivity index (χ4n) is 2.50. The maximum absolute atomic E-state index is 11.9. The van der Waals surface area contributed by atoms with Crippen molar-refractivity contribution in [3.8, 4) is 0 Å².